The van der Waals surface area contributed by atoms with Crippen LogP contribution in [0.3, 0.4) is 0 Å². The molecule has 2 fully saturated rings. The molecule has 2 heterocycles. The third-order valence-corrected chi connectivity index (χ3v) is 3.57. The Hall–Kier alpha value is -0.120. The Morgan fingerprint density at radius 1 is 1.23 bits per heavy atom. The zero-order valence-electron chi connectivity index (χ0n) is 8.86. The fraction of sp³-hybridized carbons (Fsp3) is 1.00. The van der Waals surface area contributed by atoms with Gasteiger partial charge in [-0.3, -0.25) is 4.90 Å². The van der Waals surface area contributed by atoms with E-state index >= 15 is 0 Å². The molecule has 3 heteroatoms. The topological polar surface area (TPSA) is 15.7 Å². The maximum absolute atomic E-state index is 5.41. The molecule has 13 heavy (non-hydrogen) atoms. The lowest BCUT2D eigenvalue weighted by Crippen LogP contribution is -2.53. The minimum absolute atomic E-state index is 0.476. The van der Waals surface area contributed by atoms with Crippen LogP contribution in [0.15, 0.2) is 0 Å². The van der Waals surface area contributed by atoms with Gasteiger partial charge in [0.2, 0.25) is 0 Å². The highest BCUT2D eigenvalue weighted by Gasteiger charge is 2.37. The Morgan fingerprint density at radius 3 is 2.69 bits per heavy atom. The molecule has 76 valence electrons. The molecule has 3 unspecified atom stereocenters. The molecule has 0 aromatic heterocycles. The summed E-state index contributed by atoms with van der Waals surface area (Å²) in [7, 11) is 4.05. The molecule has 0 aliphatic carbocycles. The van der Waals surface area contributed by atoms with Crippen LogP contribution in [0, 0.1) is 0 Å². The van der Waals surface area contributed by atoms with Crippen molar-refractivity contribution in [1.82, 2.24) is 9.80 Å². The van der Waals surface area contributed by atoms with Crippen molar-refractivity contribution < 1.29 is 4.74 Å². The summed E-state index contributed by atoms with van der Waals surface area (Å²) in [4.78, 5) is 5.04. The summed E-state index contributed by atoms with van der Waals surface area (Å²) in [6.07, 6.45) is 1.69. The molecular formula is C10H20N2O. The second-order valence-electron chi connectivity index (χ2n) is 4.49. The van der Waals surface area contributed by atoms with E-state index in [4.69, 9.17) is 4.74 Å². The molecule has 2 rings (SSSR count). The molecule has 0 amide bonds. The van der Waals surface area contributed by atoms with Gasteiger partial charge in [0.1, 0.15) is 0 Å². The van der Waals surface area contributed by atoms with Gasteiger partial charge in [0.05, 0.1) is 6.10 Å². The number of rotatable bonds is 1. The van der Waals surface area contributed by atoms with Crippen molar-refractivity contribution in [3.63, 3.8) is 0 Å². The predicted molar refractivity (Wildman–Crippen MR) is 52.9 cm³/mol. The maximum Gasteiger partial charge on any atom is 0.0713 e. The summed E-state index contributed by atoms with van der Waals surface area (Å²) in [6, 6.07) is 1.44. The van der Waals surface area contributed by atoms with E-state index in [1.807, 2.05) is 7.11 Å². The Labute approximate surface area is 80.6 Å². The lowest BCUT2D eigenvalue weighted by atomic mass is 10.1. The van der Waals surface area contributed by atoms with E-state index in [0.717, 1.165) is 12.6 Å². The monoisotopic (exact) mass is 184 g/mol. The highest BCUT2D eigenvalue weighted by Crippen LogP contribution is 2.25. The van der Waals surface area contributed by atoms with Crippen LogP contribution in [0.1, 0.15) is 13.3 Å². The molecule has 0 spiro atoms. The second-order valence-corrected chi connectivity index (χ2v) is 4.49. The summed E-state index contributed by atoms with van der Waals surface area (Å²) >= 11 is 0. The number of ether oxygens (including phenoxy) is 1. The van der Waals surface area contributed by atoms with Crippen LogP contribution in [0.25, 0.3) is 0 Å². The average molecular weight is 184 g/mol. The van der Waals surface area contributed by atoms with Crippen LogP contribution in [0.2, 0.25) is 0 Å². The quantitative estimate of drug-likeness (QED) is 0.587. The zero-order chi connectivity index (χ0) is 9.42. The molecule has 0 saturated carbocycles. The van der Waals surface area contributed by atoms with Gasteiger partial charge in [-0.2, -0.15) is 0 Å². The van der Waals surface area contributed by atoms with Crippen molar-refractivity contribution in [2.75, 3.05) is 33.8 Å². The van der Waals surface area contributed by atoms with Gasteiger partial charge in [0.25, 0.3) is 0 Å². The largest absolute Gasteiger partial charge is 0.380 e. The van der Waals surface area contributed by atoms with Crippen molar-refractivity contribution >= 4 is 0 Å². The third-order valence-electron chi connectivity index (χ3n) is 3.57. The number of likely N-dealkylation sites (N-methyl/N-ethyl adjacent to an activating group) is 1. The number of fused-ring (bicyclic) bond motifs is 1. The first-order valence-corrected chi connectivity index (χ1v) is 5.17. The molecule has 3 atom stereocenters. The van der Waals surface area contributed by atoms with E-state index in [1.54, 1.807) is 0 Å². The van der Waals surface area contributed by atoms with Crippen molar-refractivity contribution in [1.29, 1.82) is 0 Å². The fourth-order valence-electron chi connectivity index (χ4n) is 2.51. The summed E-state index contributed by atoms with van der Waals surface area (Å²) in [5.74, 6) is 0. The Morgan fingerprint density at radius 2 is 2.00 bits per heavy atom. The average Bonchev–Trinajstić information content (AvgIpc) is 2.48. The van der Waals surface area contributed by atoms with E-state index in [-0.39, 0.29) is 0 Å². The third kappa shape index (κ3) is 1.73. The molecule has 2 aliphatic rings. The second kappa shape index (κ2) is 3.56. The van der Waals surface area contributed by atoms with Crippen LogP contribution in [-0.2, 0) is 4.74 Å². The van der Waals surface area contributed by atoms with E-state index < -0.39 is 0 Å². The molecule has 3 nitrogen and oxygen atoms in total. The van der Waals surface area contributed by atoms with Crippen LogP contribution >= 0.6 is 0 Å². The molecule has 0 bridgehead atoms. The highest BCUT2D eigenvalue weighted by atomic mass is 16.5. The van der Waals surface area contributed by atoms with Gasteiger partial charge < -0.3 is 9.64 Å². The molecule has 0 aromatic carbocycles. The van der Waals surface area contributed by atoms with Gasteiger partial charge in [-0.25, -0.2) is 0 Å². The Bertz CT molecular complexity index is 168. The molecule has 2 saturated heterocycles. The van der Waals surface area contributed by atoms with Gasteiger partial charge in [-0.15, -0.1) is 0 Å². The van der Waals surface area contributed by atoms with Gasteiger partial charge in [-0.05, 0) is 20.4 Å². The fourth-order valence-corrected chi connectivity index (χ4v) is 2.51. The van der Waals surface area contributed by atoms with E-state index in [2.05, 4.69) is 23.8 Å². The van der Waals surface area contributed by atoms with E-state index in [9.17, 15) is 0 Å². The highest BCUT2D eigenvalue weighted by molar-refractivity contribution is 4.93. The van der Waals surface area contributed by atoms with Crippen molar-refractivity contribution in [3.05, 3.63) is 0 Å². The lowest BCUT2D eigenvalue weighted by molar-refractivity contribution is 0.0739. The van der Waals surface area contributed by atoms with Gasteiger partial charge >= 0.3 is 0 Å². The summed E-state index contributed by atoms with van der Waals surface area (Å²) in [5.41, 5.74) is 0. The van der Waals surface area contributed by atoms with Crippen LogP contribution in [0.5, 0.6) is 0 Å². The number of hydrogen-bond acceptors (Lipinski definition) is 3. The smallest absolute Gasteiger partial charge is 0.0713 e. The summed E-state index contributed by atoms with van der Waals surface area (Å²) in [6.45, 7) is 5.86. The minimum Gasteiger partial charge on any atom is -0.380 e. The van der Waals surface area contributed by atoms with Crippen molar-refractivity contribution in [2.45, 2.75) is 31.5 Å². The molecular weight excluding hydrogens is 164 g/mol. The number of methoxy groups -OCH3 is 1. The molecule has 2 aliphatic heterocycles. The lowest BCUT2D eigenvalue weighted by Gasteiger charge is -2.39. The Balaban J connectivity index is 1.97. The first kappa shape index (κ1) is 9.44. The summed E-state index contributed by atoms with van der Waals surface area (Å²) in [5, 5.41) is 0. The SMILES string of the molecule is COC1CC2CN(C)C(C)CN2C1. The van der Waals surface area contributed by atoms with Gasteiger partial charge in [-0.1, -0.05) is 0 Å². The number of hydrogen-bond donors (Lipinski definition) is 0. The van der Waals surface area contributed by atoms with Gasteiger partial charge in [0.15, 0.2) is 0 Å². The zero-order valence-corrected chi connectivity index (χ0v) is 8.86. The first-order valence-electron chi connectivity index (χ1n) is 5.17. The van der Waals surface area contributed by atoms with E-state index in [0.29, 0.717) is 12.1 Å². The molecule has 0 aromatic rings. The van der Waals surface area contributed by atoms with Crippen LogP contribution in [-0.4, -0.2) is 61.8 Å². The van der Waals surface area contributed by atoms with Crippen molar-refractivity contribution in [3.8, 4) is 0 Å². The number of nitrogens with zero attached hydrogens (tertiary/aromatic N) is 2. The normalized spacial score (nSPS) is 42.2. The minimum atomic E-state index is 0.476. The molecule has 0 N–H and O–H groups in total. The standard InChI is InChI=1S/C10H20N2O/c1-8-5-12-7-10(13-3)4-9(12)6-11(8)2/h8-10H,4-7H2,1-3H3. The summed E-state index contributed by atoms with van der Waals surface area (Å²) < 4.78 is 5.41. The van der Waals surface area contributed by atoms with Crippen molar-refractivity contribution in [2.24, 2.45) is 0 Å². The predicted octanol–water partition coefficient (Wildman–Crippen LogP) is 0.410. The number of piperazine rings is 1. The van der Waals surface area contributed by atoms with Crippen LogP contribution < -0.4 is 0 Å². The van der Waals surface area contributed by atoms with Gasteiger partial charge in [0, 0.05) is 38.8 Å². The van der Waals surface area contributed by atoms with Crippen LogP contribution in [0.4, 0.5) is 0 Å². The maximum atomic E-state index is 5.41. The van der Waals surface area contributed by atoms with E-state index in [1.165, 1.54) is 19.5 Å². The first-order chi connectivity index (χ1) is 6.20. The Kier molecular flexibility index (Phi) is 2.58. The molecule has 0 radical (unpaired) electrons.